The standard InChI is InChI=1S/C25H37N3O8/c1-25(2)12-34-19(35-13-25)7-8-26-17(9-14-10-27-16-6-4-3-5-15(14)16)23(32)28-20-22(31)21(30)18(11-29)36-24(20)33/h3-6,10,17-22,24,26-27,29-31,33H,7-9,11-13H2,1-2H3,(H,28,32)/t17-,18?,20+,21+,22+,24?/m0/s1. The Labute approximate surface area is 209 Å². The Morgan fingerprint density at radius 1 is 1.17 bits per heavy atom. The molecular formula is C25H37N3O8. The zero-order valence-corrected chi connectivity index (χ0v) is 20.6. The summed E-state index contributed by atoms with van der Waals surface area (Å²) in [6.45, 7) is 5.16. The summed E-state index contributed by atoms with van der Waals surface area (Å²) < 4.78 is 16.7. The Bertz CT molecular complexity index is 1000. The van der Waals surface area contributed by atoms with Gasteiger partial charge in [-0.3, -0.25) is 4.79 Å². The molecule has 2 saturated heterocycles. The molecule has 2 aliphatic heterocycles. The number of aliphatic hydroxyl groups is 4. The first-order valence-electron chi connectivity index (χ1n) is 12.3. The average Bonchev–Trinajstić information content (AvgIpc) is 3.27. The number of carbonyl (C=O) groups excluding carboxylic acids is 1. The maximum absolute atomic E-state index is 13.3. The fraction of sp³-hybridized carbons (Fsp3) is 0.640. The molecule has 2 fully saturated rings. The van der Waals surface area contributed by atoms with Gasteiger partial charge in [-0.15, -0.1) is 0 Å². The number of carbonyl (C=O) groups is 1. The van der Waals surface area contributed by atoms with E-state index in [-0.39, 0.29) is 11.7 Å². The predicted octanol–water partition coefficient (Wildman–Crippen LogP) is -0.626. The second-order valence-electron chi connectivity index (χ2n) is 10.3. The van der Waals surface area contributed by atoms with Crippen molar-refractivity contribution < 1.29 is 39.4 Å². The molecule has 0 saturated carbocycles. The zero-order chi connectivity index (χ0) is 25.9. The lowest BCUT2D eigenvalue weighted by atomic mass is 9.95. The quantitative estimate of drug-likeness (QED) is 0.234. The van der Waals surface area contributed by atoms with Crippen molar-refractivity contribution in [2.75, 3.05) is 26.4 Å². The highest BCUT2D eigenvalue weighted by Gasteiger charge is 2.44. The smallest absolute Gasteiger partial charge is 0.237 e. The summed E-state index contributed by atoms with van der Waals surface area (Å²) in [6.07, 6.45) is -3.38. The van der Waals surface area contributed by atoms with Crippen LogP contribution in [0.1, 0.15) is 25.8 Å². The number of benzene rings is 1. The van der Waals surface area contributed by atoms with Crippen molar-refractivity contribution in [1.82, 2.24) is 15.6 Å². The lowest BCUT2D eigenvalue weighted by Gasteiger charge is -2.40. The number of aliphatic hydroxyl groups excluding tert-OH is 4. The van der Waals surface area contributed by atoms with E-state index in [1.54, 1.807) is 0 Å². The van der Waals surface area contributed by atoms with Crippen molar-refractivity contribution >= 4 is 16.8 Å². The van der Waals surface area contributed by atoms with Gasteiger partial charge in [0.15, 0.2) is 12.6 Å². The van der Waals surface area contributed by atoms with Crippen molar-refractivity contribution in [1.29, 1.82) is 0 Å². The van der Waals surface area contributed by atoms with E-state index < -0.39 is 49.2 Å². The first-order chi connectivity index (χ1) is 17.2. The van der Waals surface area contributed by atoms with Crippen molar-refractivity contribution in [3.63, 3.8) is 0 Å². The molecule has 3 heterocycles. The lowest BCUT2D eigenvalue weighted by Crippen LogP contribution is -2.65. The molecule has 4 rings (SSSR count). The fourth-order valence-corrected chi connectivity index (χ4v) is 4.56. The van der Waals surface area contributed by atoms with Gasteiger partial charge >= 0.3 is 0 Å². The second kappa shape index (κ2) is 11.5. The lowest BCUT2D eigenvalue weighted by molar-refractivity contribution is -0.254. The summed E-state index contributed by atoms with van der Waals surface area (Å²) in [5.74, 6) is -0.478. The van der Waals surface area contributed by atoms with Gasteiger partial charge in [0, 0.05) is 35.5 Å². The van der Waals surface area contributed by atoms with E-state index in [9.17, 15) is 25.2 Å². The molecule has 200 valence electrons. The number of ether oxygens (including phenoxy) is 3. The van der Waals surface area contributed by atoms with E-state index in [0.29, 0.717) is 32.6 Å². The fourth-order valence-electron chi connectivity index (χ4n) is 4.56. The summed E-state index contributed by atoms with van der Waals surface area (Å²) in [5, 5.41) is 47.1. The van der Waals surface area contributed by atoms with Gasteiger partial charge in [0.1, 0.15) is 24.4 Å². The first kappa shape index (κ1) is 27.0. The zero-order valence-electron chi connectivity index (χ0n) is 20.6. The van der Waals surface area contributed by atoms with Crippen LogP contribution in [0.2, 0.25) is 0 Å². The Balaban J connectivity index is 1.43. The van der Waals surface area contributed by atoms with Crippen molar-refractivity contribution in [2.45, 2.75) is 69.7 Å². The number of amides is 1. The van der Waals surface area contributed by atoms with Crippen LogP contribution in [0.25, 0.3) is 10.9 Å². The van der Waals surface area contributed by atoms with E-state index >= 15 is 0 Å². The minimum Gasteiger partial charge on any atom is -0.394 e. The maximum Gasteiger partial charge on any atom is 0.237 e. The molecule has 11 heteroatoms. The number of hydrogen-bond acceptors (Lipinski definition) is 9. The van der Waals surface area contributed by atoms with Crippen LogP contribution in [0.5, 0.6) is 0 Å². The molecule has 2 aromatic rings. The normalized spacial score (nSPS) is 29.8. The minimum absolute atomic E-state index is 0.0367. The average molecular weight is 508 g/mol. The number of H-pyrrole nitrogens is 1. The predicted molar refractivity (Wildman–Crippen MR) is 130 cm³/mol. The highest BCUT2D eigenvalue weighted by molar-refractivity contribution is 5.86. The van der Waals surface area contributed by atoms with E-state index in [0.717, 1.165) is 16.5 Å². The molecule has 0 bridgehead atoms. The summed E-state index contributed by atoms with van der Waals surface area (Å²) >= 11 is 0. The Kier molecular flexibility index (Phi) is 8.63. The number of para-hydroxylation sites is 1. The Morgan fingerprint density at radius 3 is 2.61 bits per heavy atom. The van der Waals surface area contributed by atoms with Gasteiger partial charge in [-0.1, -0.05) is 32.0 Å². The number of rotatable bonds is 9. The van der Waals surface area contributed by atoms with Crippen LogP contribution in [0.3, 0.4) is 0 Å². The van der Waals surface area contributed by atoms with E-state index in [1.165, 1.54) is 0 Å². The van der Waals surface area contributed by atoms with Gasteiger partial charge in [-0.25, -0.2) is 0 Å². The van der Waals surface area contributed by atoms with Gasteiger partial charge in [-0.2, -0.15) is 0 Å². The summed E-state index contributed by atoms with van der Waals surface area (Å²) in [4.78, 5) is 16.5. The summed E-state index contributed by atoms with van der Waals surface area (Å²) in [5.41, 5.74) is 1.83. The third kappa shape index (κ3) is 6.24. The second-order valence-corrected chi connectivity index (χ2v) is 10.3. The largest absolute Gasteiger partial charge is 0.394 e. The highest BCUT2D eigenvalue weighted by atomic mass is 16.7. The molecule has 0 radical (unpaired) electrons. The Hall–Kier alpha value is -2.09. The number of aromatic nitrogens is 1. The third-order valence-electron chi connectivity index (χ3n) is 6.72. The van der Waals surface area contributed by atoms with Gasteiger partial charge in [0.05, 0.1) is 25.9 Å². The van der Waals surface area contributed by atoms with Crippen LogP contribution in [0, 0.1) is 5.41 Å². The van der Waals surface area contributed by atoms with Crippen LogP contribution in [0.15, 0.2) is 30.5 Å². The van der Waals surface area contributed by atoms with Crippen molar-refractivity contribution in [3.8, 4) is 0 Å². The van der Waals surface area contributed by atoms with Gasteiger partial charge in [0.25, 0.3) is 0 Å². The van der Waals surface area contributed by atoms with Gasteiger partial charge in [-0.05, 0) is 18.1 Å². The van der Waals surface area contributed by atoms with E-state index in [1.807, 2.05) is 30.5 Å². The van der Waals surface area contributed by atoms with Crippen molar-refractivity contribution in [2.24, 2.45) is 5.41 Å². The highest BCUT2D eigenvalue weighted by Crippen LogP contribution is 2.24. The molecule has 0 spiro atoms. The van der Waals surface area contributed by atoms with Crippen LogP contribution in [0.4, 0.5) is 0 Å². The molecule has 2 unspecified atom stereocenters. The minimum atomic E-state index is -1.59. The molecule has 36 heavy (non-hydrogen) atoms. The number of fused-ring (bicyclic) bond motifs is 1. The molecule has 7 N–H and O–H groups in total. The van der Waals surface area contributed by atoms with Gasteiger partial charge < -0.3 is 50.3 Å². The van der Waals surface area contributed by atoms with Crippen LogP contribution < -0.4 is 10.6 Å². The SMILES string of the molecule is CC1(C)COC(CCN[C@@H](Cc2c[nH]c3ccccc23)C(=O)N[C@H]2C(O)OC(CO)[C@@H](O)[C@@H]2O)OC1. The first-order valence-corrected chi connectivity index (χ1v) is 12.3. The molecule has 1 aromatic heterocycles. The molecule has 2 aliphatic rings. The maximum atomic E-state index is 13.3. The van der Waals surface area contributed by atoms with Crippen LogP contribution in [-0.4, -0.2) is 101 Å². The summed E-state index contributed by atoms with van der Waals surface area (Å²) in [7, 11) is 0. The molecular weight excluding hydrogens is 470 g/mol. The van der Waals surface area contributed by atoms with Crippen LogP contribution >= 0.6 is 0 Å². The summed E-state index contributed by atoms with van der Waals surface area (Å²) in [6, 6.07) is 5.77. The topological polar surface area (TPSA) is 166 Å². The molecule has 11 nitrogen and oxygen atoms in total. The molecule has 6 atom stereocenters. The van der Waals surface area contributed by atoms with Crippen LogP contribution in [-0.2, 0) is 25.4 Å². The van der Waals surface area contributed by atoms with Crippen molar-refractivity contribution in [3.05, 3.63) is 36.0 Å². The monoisotopic (exact) mass is 507 g/mol. The van der Waals surface area contributed by atoms with Gasteiger partial charge in [0.2, 0.25) is 5.91 Å². The number of aromatic amines is 1. The third-order valence-corrected chi connectivity index (χ3v) is 6.72. The molecule has 1 aromatic carbocycles. The number of nitrogens with one attached hydrogen (secondary N) is 3. The molecule has 0 aliphatic carbocycles. The molecule has 1 amide bonds. The van der Waals surface area contributed by atoms with E-state index in [2.05, 4.69) is 29.5 Å². The Morgan fingerprint density at radius 2 is 1.89 bits per heavy atom. The van der Waals surface area contributed by atoms with E-state index in [4.69, 9.17) is 14.2 Å². The number of hydrogen-bond donors (Lipinski definition) is 7.